The summed E-state index contributed by atoms with van der Waals surface area (Å²) in [7, 11) is 0. The zero-order chi connectivity index (χ0) is 3.58. The van der Waals surface area contributed by atoms with Crippen molar-refractivity contribution in [3.63, 3.8) is 0 Å². The molecule has 0 rings (SSSR count). The van der Waals surface area contributed by atoms with Gasteiger partial charge in [-0.2, -0.15) is 0 Å². The third-order valence-electron chi connectivity index (χ3n) is 0. The molecule has 0 aliphatic heterocycles. The Morgan fingerprint density at radius 1 is 2.00 bits per heavy atom. The number of rotatable bonds is 0. The molecule has 0 heterocycles. The van der Waals surface area contributed by atoms with Crippen molar-refractivity contribution >= 4 is 48.8 Å². The van der Waals surface area contributed by atoms with E-state index in [-0.39, 0.29) is 20.3 Å². The molecule has 0 nitrogen and oxygen atoms in total. The second-order valence-corrected chi connectivity index (χ2v) is 9.89. The van der Waals surface area contributed by atoms with E-state index in [1.54, 1.807) is 0 Å². The van der Waals surface area contributed by atoms with Gasteiger partial charge in [0.05, 0.1) is 0 Å². The van der Waals surface area contributed by atoms with Crippen LogP contribution in [0.5, 0.6) is 0 Å². The van der Waals surface area contributed by atoms with Crippen molar-refractivity contribution in [1.29, 1.82) is 0 Å². The van der Waals surface area contributed by atoms with Crippen molar-refractivity contribution in [2.75, 3.05) is 0 Å². The van der Waals surface area contributed by atoms with Gasteiger partial charge < -0.3 is 1.43 Å². The molecule has 0 saturated heterocycles. The first-order valence-electron chi connectivity index (χ1n) is 0.521. The first kappa shape index (κ1) is 10.2. The molecule has 0 fully saturated rings. The van der Waals surface area contributed by atoms with Gasteiger partial charge >= 0.3 is 22.6 Å². The van der Waals surface area contributed by atoms with E-state index in [9.17, 15) is 0 Å². The minimum Gasteiger partial charge on any atom is -1.00 e. The van der Waals surface area contributed by atoms with E-state index in [0.29, 0.717) is 0 Å². The maximum Gasteiger partial charge on any atom is 1.00 e. The molecule has 0 bridgehead atoms. The smallest absolute Gasteiger partial charge is 1.00 e. The summed E-state index contributed by atoms with van der Waals surface area (Å²) in [6.45, 7) is 0. The average Bonchev–Trinajstić information content (AvgIpc) is 0.811. The molecule has 1 unspecified atom stereocenters. The van der Waals surface area contributed by atoms with Crippen molar-refractivity contribution < 1.29 is 20.3 Å². The van der Waals surface area contributed by atoms with Crippen LogP contribution in [-0.4, -0.2) is 0 Å². The van der Waals surface area contributed by atoms with Crippen LogP contribution in [0.15, 0.2) is 0 Å². The molecule has 26 valence electrons. The fourth-order valence-electron chi connectivity index (χ4n) is 0. The van der Waals surface area contributed by atoms with Gasteiger partial charge in [-0.1, -0.05) is 0 Å². The van der Waals surface area contributed by atoms with Crippen molar-refractivity contribution in [1.82, 2.24) is 0 Å². The van der Waals surface area contributed by atoms with E-state index in [1.807, 2.05) is 22.0 Å². The molecule has 0 aliphatic carbocycles. The maximum atomic E-state index is 5.14. The first-order chi connectivity index (χ1) is 1.73. The van der Waals surface area contributed by atoms with Gasteiger partial charge in [-0.05, 0) is 0 Å². The van der Waals surface area contributed by atoms with E-state index in [4.69, 9.17) is 11.2 Å². The molecule has 5 heteroatoms. The fourth-order valence-corrected chi connectivity index (χ4v) is 0. The predicted molar refractivity (Wildman–Crippen MR) is 35.3 cm³/mol. The van der Waals surface area contributed by atoms with Crippen LogP contribution in [0.4, 0.5) is 0 Å². The Kier molecular flexibility index (Phi) is 12.5. The zero-order valence-electron chi connectivity index (χ0n) is 3.61. The molecule has 0 aromatic rings. The van der Waals surface area contributed by atoms with Crippen LogP contribution < -0.4 is 18.9 Å². The van der Waals surface area contributed by atoms with Crippen molar-refractivity contribution in [3.8, 4) is 0 Å². The Labute approximate surface area is 68.4 Å². The molecule has 0 aliphatic rings. The average molecular weight is 233 g/mol. The summed E-state index contributed by atoms with van der Waals surface area (Å²) in [5, 5.41) is 0. The van der Waals surface area contributed by atoms with E-state index in [1.165, 1.54) is 0 Å². The number of halogens is 2. The van der Waals surface area contributed by atoms with Gasteiger partial charge in [0.15, 0.2) is 23.0 Å². The minimum atomic E-state index is -0.595. The summed E-state index contributed by atoms with van der Waals surface area (Å²) in [6, 6.07) is 0. The monoisotopic (exact) mass is 233 g/mol. The van der Waals surface area contributed by atoms with Crippen LogP contribution in [0.3, 0.4) is 0 Å². The Balaban J connectivity index is -0.0000000450. The standard InChI is InChI=1S/ClIPS.Li.H/c1-3(2)4;;/q2*+1;-1. The Morgan fingerprint density at radius 3 is 2.00 bits per heavy atom. The normalized spacial score (nSPS) is 8.80. The molecule has 0 aromatic heterocycles. The van der Waals surface area contributed by atoms with Gasteiger partial charge in [0.2, 0.25) is 0 Å². The summed E-state index contributed by atoms with van der Waals surface area (Å²) in [6.07, 6.45) is 0. The molecule has 0 N–H and O–H groups in total. The SMILES string of the molecule is S=[P+](Cl)I.[H-].[Li+]. The van der Waals surface area contributed by atoms with Crippen LogP contribution >= 0.6 is 37.0 Å². The Hall–Kier alpha value is 2.14. The minimum absolute atomic E-state index is 0. The Morgan fingerprint density at radius 2 is 2.00 bits per heavy atom. The van der Waals surface area contributed by atoms with Gasteiger partial charge in [-0.25, -0.2) is 0 Å². The van der Waals surface area contributed by atoms with Gasteiger partial charge in [-0.15, -0.1) is 0 Å². The quantitative estimate of drug-likeness (QED) is 0.310. The van der Waals surface area contributed by atoms with E-state index in [2.05, 4.69) is 11.8 Å². The third kappa shape index (κ3) is 23.0. The zero-order valence-corrected chi connectivity index (χ0v) is 7.24. The summed E-state index contributed by atoms with van der Waals surface area (Å²) in [5.41, 5.74) is 0. The van der Waals surface area contributed by atoms with Crippen LogP contribution in [0.1, 0.15) is 1.43 Å². The van der Waals surface area contributed by atoms with E-state index in [0.717, 1.165) is 0 Å². The predicted octanol–water partition coefficient (Wildman–Crippen LogP) is -0.450. The molecule has 0 amide bonds. The summed E-state index contributed by atoms with van der Waals surface area (Å²) in [4.78, 5) is 0. The van der Waals surface area contributed by atoms with E-state index < -0.39 is 3.69 Å². The number of hydrogen-bond donors (Lipinski definition) is 0. The van der Waals surface area contributed by atoms with Crippen molar-refractivity contribution in [3.05, 3.63) is 0 Å². The van der Waals surface area contributed by atoms with E-state index >= 15 is 0 Å². The van der Waals surface area contributed by atoms with Gasteiger partial charge in [-0.3, -0.25) is 0 Å². The molecule has 0 saturated carbocycles. The first-order valence-corrected chi connectivity index (χ1v) is 6.57. The molecule has 0 radical (unpaired) electrons. The van der Waals surface area contributed by atoms with Gasteiger partial charge in [0.25, 0.3) is 22.0 Å². The van der Waals surface area contributed by atoms with Crippen molar-refractivity contribution in [2.24, 2.45) is 0 Å². The Bertz CT molecular complexity index is 38.5. The molecular formula is HClILiPS+. The van der Waals surface area contributed by atoms with Crippen molar-refractivity contribution in [2.45, 2.75) is 0 Å². The van der Waals surface area contributed by atoms with Gasteiger partial charge in [0, 0.05) is 0 Å². The fraction of sp³-hybridized carbons (Fsp3) is 0. The van der Waals surface area contributed by atoms with Crippen LogP contribution in [0.25, 0.3) is 0 Å². The van der Waals surface area contributed by atoms with Crippen LogP contribution in [0, 0.1) is 0 Å². The third-order valence-corrected chi connectivity index (χ3v) is 0. The van der Waals surface area contributed by atoms with Gasteiger partial charge in [0.1, 0.15) is 0 Å². The summed E-state index contributed by atoms with van der Waals surface area (Å²) < 4.78 is -0.595. The molecular weight excluding hydrogens is 232 g/mol. The second-order valence-electron chi connectivity index (χ2n) is 0.202. The molecule has 1 atom stereocenters. The maximum absolute atomic E-state index is 5.14. The second kappa shape index (κ2) is 6.14. The largest absolute Gasteiger partial charge is 1.00 e. The molecule has 0 spiro atoms. The summed E-state index contributed by atoms with van der Waals surface area (Å²) >= 11 is 11.6. The van der Waals surface area contributed by atoms with Crippen LogP contribution in [0.2, 0.25) is 0 Å². The topological polar surface area (TPSA) is 0 Å². The summed E-state index contributed by atoms with van der Waals surface area (Å²) in [5.74, 6) is 0. The molecule has 0 aromatic carbocycles. The van der Waals surface area contributed by atoms with Crippen LogP contribution in [-0.2, 0) is 11.8 Å². The molecule has 5 heavy (non-hydrogen) atoms. The number of hydrogen-bond acceptors (Lipinski definition) is 1.